The summed E-state index contributed by atoms with van der Waals surface area (Å²) in [6.45, 7) is 13.2. The molecule has 0 aliphatic carbocycles. The van der Waals surface area contributed by atoms with Crippen molar-refractivity contribution in [2.24, 2.45) is 0 Å². The van der Waals surface area contributed by atoms with Crippen LogP contribution in [0.4, 0.5) is 0 Å². The van der Waals surface area contributed by atoms with Crippen LogP contribution in [0.2, 0.25) is 0 Å². The van der Waals surface area contributed by atoms with Crippen LogP contribution in [-0.4, -0.2) is 5.78 Å². The van der Waals surface area contributed by atoms with E-state index >= 15 is 0 Å². The zero-order valence-electron chi connectivity index (χ0n) is 14.8. The van der Waals surface area contributed by atoms with Gasteiger partial charge in [0.05, 0.1) is 0 Å². The molecule has 1 heteroatoms. The van der Waals surface area contributed by atoms with E-state index < -0.39 is 0 Å². The molecule has 0 aliphatic rings. The number of rotatable bonds is 7. The summed E-state index contributed by atoms with van der Waals surface area (Å²) in [5.41, 5.74) is 4.49. The monoisotopic (exact) mass is 288 g/mol. The molecule has 1 rings (SSSR count). The van der Waals surface area contributed by atoms with Crippen molar-refractivity contribution in [1.82, 2.24) is 0 Å². The number of carbonyl (C=O) groups excluding carboxylic acids is 1. The number of benzene rings is 1. The molecule has 0 spiro atoms. The molecular weight excluding hydrogens is 256 g/mol. The first-order chi connectivity index (χ1) is 9.83. The molecule has 0 amide bonds. The van der Waals surface area contributed by atoms with Gasteiger partial charge in [0.25, 0.3) is 0 Å². The lowest BCUT2D eigenvalue weighted by atomic mass is 9.80. The van der Waals surface area contributed by atoms with E-state index in [0.717, 1.165) is 25.7 Å². The third-order valence-corrected chi connectivity index (χ3v) is 4.49. The molecule has 0 heterocycles. The van der Waals surface area contributed by atoms with Crippen LogP contribution in [0.3, 0.4) is 0 Å². The number of carbonyl (C=O) groups is 1. The highest BCUT2D eigenvalue weighted by Gasteiger charge is 2.19. The molecule has 21 heavy (non-hydrogen) atoms. The lowest BCUT2D eigenvalue weighted by molar-refractivity contribution is -0.118. The van der Waals surface area contributed by atoms with Gasteiger partial charge in [0, 0.05) is 12.8 Å². The molecular formula is C20H32O. The number of Topliss-reactive ketones (excluding diaryl/α,β-unsaturated/α-hetero) is 1. The van der Waals surface area contributed by atoms with E-state index in [9.17, 15) is 4.79 Å². The zero-order chi connectivity index (χ0) is 16.0. The minimum absolute atomic E-state index is 0.179. The zero-order valence-corrected chi connectivity index (χ0v) is 14.8. The summed E-state index contributed by atoms with van der Waals surface area (Å²) in [4.78, 5) is 11.6. The Morgan fingerprint density at radius 3 is 2.29 bits per heavy atom. The van der Waals surface area contributed by atoms with Crippen LogP contribution in [0, 0.1) is 0 Å². The molecule has 1 unspecified atom stereocenters. The first-order valence-corrected chi connectivity index (χ1v) is 8.48. The normalized spacial score (nSPS) is 13.2. The standard InChI is InChI=1S/C20H32O/c1-7-15-10-12-17(20(4,5)6)14-19(15)16(8-2)11-13-18(21)9-3/h10,12,14,16H,7-9,11,13H2,1-6H3. The Hall–Kier alpha value is -1.11. The topological polar surface area (TPSA) is 17.1 Å². The quantitative estimate of drug-likeness (QED) is 0.619. The lowest BCUT2D eigenvalue weighted by Crippen LogP contribution is -2.13. The van der Waals surface area contributed by atoms with Gasteiger partial charge >= 0.3 is 0 Å². The van der Waals surface area contributed by atoms with Crippen molar-refractivity contribution < 1.29 is 4.79 Å². The summed E-state index contributed by atoms with van der Waals surface area (Å²) in [6.07, 6.45) is 4.55. The molecule has 0 aliphatic heterocycles. The molecule has 1 aromatic carbocycles. The van der Waals surface area contributed by atoms with Crippen LogP contribution in [0.1, 0.15) is 89.8 Å². The van der Waals surface area contributed by atoms with Gasteiger partial charge in [0.1, 0.15) is 5.78 Å². The average Bonchev–Trinajstić information content (AvgIpc) is 2.46. The van der Waals surface area contributed by atoms with Crippen LogP contribution in [0.15, 0.2) is 18.2 Å². The first-order valence-electron chi connectivity index (χ1n) is 8.48. The molecule has 0 fully saturated rings. The predicted molar refractivity (Wildman–Crippen MR) is 92.1 cm³/mol. The van der Waals surface area contributed by atoms with Crippen LogP contribution < -0.4 is 0 Å². The van der Waals surface area contributed by atoms with Crippen LogP contribution in [0.25, 0.3) is 0 Å². The van der Waals surface area contributed by atoms with Gasteiger partial charge in [-0.2, -0.15) is 0 Å². The second-order valence-corrected chi connectivity index (χ2v) is 7.05. The molecule has 1 nitrogen and oxygen atoms in total. The van der Waals surface area contributed by atoms with E-state index in [-0.39, 0.29) is 5.41 Å². The van der Waals surface area contributed by atoms with Crippen LogP contribution in [-0.2, 0) is 16.6 Å². The number of aryl methyl sites for hydroxylation is 1. The van der Waals surface area contributed by atoms with Crippen molar-refractivity contribution in [3.05, 3.63) is 34.9 Å². The van der Waals surface area contributed by atoms with Crippen molar-refractivity contribution in [3.8, 4) is 0 Å². The fourth-order valence-electron chi connectivity index (χ4n) is 2.85. The SMILES string of the molecule is CCC(=O)CCC(CC)c1cc(C(C)(C)C)ccc1CC. The molecule has 0 saturated carbocycles. The van der Waals surface area contributed by atoms with Crippen molar-refractivity contribution >= 4 is 5.78 Å². The third-order valence-electron chi connectivity index (χ3n) is 4.49. The van der Waals surface area contributed by atoms with Gasteiger partial charge < -0.3 is 0 Å². The van der Waals surface area contributed by atoms with Gasteiger partial charge in [-0.05, 0) is 47.3 Å². The molecule has 0 bridgehead atoms. The highest BCUT2D eigenvalue weighted by molar-refractivity contribution is 5.78. The highest BCUT2D eigenvalue weighted by atomic mass is 16.1. The predicted octanol–water partition coefficient (Wildman–Crippen LogP) is 5.80. The average molecular weight is 288 g/mol. The van der Waals surface area contributed by atoms with Gasteiger partial charge in [0.15, 0.2) is 0 Å². The van der Waals surface area contributed by atoms with Crippen molar-refractivity contribution in [3.63, 3.8) is 0 Å². The van der Waals surface area contributed by atoms with Crippen molar-refractivity contribution in [1.29, 1.82) is 0 Å². The van der Waals surface area contributed by atoms with E-state index in [1.165, 1.54) is 16.7 Å². The lowest BCUT2D eigenvalue weighted by Gasteiger charge is -2.24. The van der Waals surface area contributed by atoms with E-state index in [1.54, 1.807) is 0 Å². The van der Waals surface area contributed by atoms with E-state index in [0.29, 0.717) is 18.1 Å². The molecule has 0 N–H and O–H groups in total. The maximum atomic E-state index is 11.6. The summed E-state index contributed by atoms with van der Waals surface area (Å²) in [7, 11) is 0. The summed E-state index contributed by atoms with van der Waals surface area (Å²) >= 11 is 0. The molecule has 0 saturated heterocycles. The second-order valence-electron chi connectivity index (χ2n) is 7.05. The number of ketones is 1. The van der Waals surface area contributed by atoms with E-state index in [1.807, 2.05) is 6.92 Å². The third kappa shape index (κ3) is 4.98. The van der Waals surface area contributed by atoms with Gasteiger partial charge in [-0.1, -0.05) is 59.7 Å². The fourth-order valence-corrected chi connectivity index (χ4v) is 2.85. The number of hydrogen-bond acceptors (Lipinski definition) is 1. The Morgan fingerprint density at radius 2 is 1.81 bits per heavy atom. The minimum Gasteiger partial charge on any atom is -0.300 e. The van der Waals surface area contributed by atoms with Crippen molar-refractivity contribution in [2.75, 3.05) is 0 Å². The Bertz CT molecular complexity index is 465. The van der Waals surface area contributed by atoms with Crippen molar-refractivity contribution in [2.45, 2.75) is 85.0 Å². The Kier molecular flexibility index (Phi) is 6.64. The Morgan fingerprint density at radius 1 is 1.14 bits per heavy atom. The van der Waals surface area contributed by atoms with Gasteiger partial charge in [-0.25, -0.2) is 0 Å². The van der Waals surface area contributed by atoms with Gasteiger partial charge in [-0.15, -0.1) is 0 Å². The Labute approximate surface area is 131 Å². The maximum absolute atomic E-state index is 11.6. The summed E-state index contributed by atoms with van der Waals surface area (Å²) in [5.74, 6) is 0.899. The Balaban J connectivity index is 3.08. The van der Waals surface area contributed by atoms with Gasteiger partial charge in [0.2, 0.25) is 0 Å². The van der Waals surface area contributed by atoms with Gasteiger partial charge in [-0.3, -0.25) is 4.79 Å². The molecule has 1 aromatic rings. The minimum atomic E-state index is 0.179. The first kappa shape index (κ1) is 17.9. The van der Waals surface area contributed by atoms with Crippen LogP contribution in [0.5, 0.6) is 0 Å². The smallest absolute Gasteiger partial charge is 0.132 e. The second kappa shape index (κ2) is 7.77. The molecule has 1 atom stereocenters. The van der Waals surface area contributed by atoms with E-state index in [2.05, 4.69) is 52.8 Å². The maximum Gasteiger partial charge on any atom is 0.132 e. The fraction of sp³-hybridized carbons (Fsp3) is 0.650. The summed E-state index contributed by atoms with van der Waals surface area (Å²) in [5, 5.41) is 0. The highest BCUT2D eigenvalue weighted by Crippen LogP contribution is 2.32. The summed E-state index contributed by atoms with van der Waals surface area (Å²) < 4.78 is 0. The molecule has 118 valence electrons. The van der Waals surface area contributed by atoms with E-state index in [4.69, 9.17) is 0 Å². The number of hydrogen-bond donors (Lipinski definition) is 0. The van der Waals surface area contributed by atoms with Crippen LogP contribution >= 0.6 is 0 Å². The largest absolute Gasteiger partial charge is 0.300 e. The molecule has 0 radical (unpaired) electrons. The summed E-state index contributed by atoms with van der Waals surface area (Å²) in [6, 6.07) is 6.95. The molecule has 0 aromatic heterocycles.